The number of amides is 1. The van der Waals surface area contributed by atoms with E-state index in [0.29, 0.717) is 18.7 Å². The first-order chi connectivity index (χ1) is 8.96. The number of benzene rings is 1. The summed E-state index contributed by atoms with van der Waals surface area (Å²) in [7, 11) is 1.65. The van der Waals surface area contributed by atoms with E-state index in [1.54, 1.807) is 25.2 Å². The summed E-state index contributed by atoms with van der Waals surface area (Å²) >= 11 is 0. The first-order valence-corrected chi connectivity index (χ1v) is 6.44. The number of carbonyl (C=O) groups excluding carboxylic acids is 1. The topological polar surface area (TPSA) is 58.4 Å². The zero-order valence-electron chi connectivity index (χ0n) is 11.4. The summed E-state index contributed by atoms with van der Waals surface area (Å²) in [5.74, 6) is -0.306. The van der Waals surface area contributed by atoms with E-state index in [0.717, 1.165) is 13.0 Å². The van der Waals surface area contributed by atoms with Crippen LogP contribution in [0.5, 0.6) is 0 Å². The normalized spacial score (nSPS) is 23.5. The zero-order chi connectivity index (χ0) is 14.0. The van der Waals surface area contributed by atoms with E-state index in [2.05, 4.69) is 10.2 Å². The summed E-state index contributed by atoms with van der Waals surface area (Å²) < 4.78 is 13.8. The molecule has 0 aliphatic carbocycles. The van der Waals surface area contributed by atoms with Crippen LogP contribution in [-0.2, 0) is 11.3 Å². The van der Waals surface area contributed by atoms with Crippen LogP contribution in [0, 0.1) is 11.2 Å². The number of hydrogen-bond donors (Lipinski definition) is 2. The maximum Gasteiger partial charge on any atom is 0.227 e. The SMILES string of the molecule is CNC(=O)C1(C)CCN(Cc2cccc(N)c2F)C1. The standard InChI is InChI=1S/C14H20FN3O/c1-14(13(19)17-2)6-7-18(9-14)8-10-4-3-5-11(16)12(10)15/h3-5H,6-9,16H2,1-2H3,(H,17,19). The van der Waals surface area contributed by atoms with Crippen molar-refractivity contribution in [1.29, 1.82) is 0 Å². The highest BCUT2D eigenvalue weighted by atomic mass is 19.1. The Morgan fingerprint density at radius 3 is 3.00 bits per heavy atom. The number of rotatable bonds is 3. The van der Waals surface area contributed by atoms with E-state index >= 15 is 0 Å². The number of hydrogen-bond acceptors (Lipinski definition) is 3. The summed E-state index contributed by atoms with van der Waals surface area (Å²) in [5.41, 5.74) is 5.93. The number of carbonyl (C=O) groups is 1. The van der Waals surface area contributed by atoms with Gasteiger partial charge in [-0.2, -0.15) is 0 Å². The van der Waals surface area contributed by atoms with Crippen LogP contribution in [0.15, 0.2) is 18.2 Å². The molecule has 0 bridgehead atoms. The minimum absolute atomic E-state index is 0.0445. The van der Waals surface area contributed by atoms with Crippen LogP contribution in [0.25, 0.3) is 0 Å². The second-order valence-corrected chi connectivity index (χ2v) is 5.42. The van der Waals surface area contributed by atoms with Gasteiger partial charge in [0.15, 0.2) is 5.82 Å². The average Bonchev–Trinajstić information content (AvgIpc) is 2.77. The largest absolute Gasteiger partial charge is 0.396 e. The van der Waals surface area contributed by atoms with Gasteiger partial charge in [-0.3, -0.25) is 9.69 Å². The van der Waals surface area contributed by atoms with Gasteiger partial charge in [0.05, 0.1) is 11.1 Å². The quantitative estimate of drug-likeness (QED) is 0.811. The van der Waals surface area contributed by atoms with Gasteiger partial charge in [0.1, 0.15) is 0 Å². The summed E-state index contributed by atoms with van der Waals surface area (Å²) in [5, 5.41) is 2.69. The average molecular weight is 265 g/mol. The highest BCUT2D eigenvalue weighted by Crippen LogP contribution is 2.31. The minimum atomic E-state index is -0.383. The summed E-state index contributed by atoms with van der Waals surface area (Å²) in [6, 6.07) is 5.04. The molecule has 0 spiro atoms. The van der Waals surface area contributed by atoms with Crippen molar-refractivity contribution in [2.45, 2.75) is 19.9 Å². The first-order valence-electron chi connectivity index (χ1n) is 6.44. The fraction of sp³-hybridized carbons (Fsp3) is 0.500. The predicted molar refractivity (Wildman–Crippen MR) is 72.9 cm³/mol. The van der Waals surface area contributed by atoms with E-state index in [-0.39, 0.29) is 22.8 Å². The van der Waals surface area contributed by atoms with Crippen LogP contribution in [0.3, 0.4) is 0 Å². The molecule has 1 aliphatic heterocycles. The maximum atomic E-state index is 13.8. The number of nitrogens with zero attached hydrogens (tertiary/aromatic N) is 1. The highest BCUT2D eigenvalue weighted by molar-refractivity contribution is 5.82. The molecule has 2 rings (SSSR count). The lowest BCUT2D eigenvalue weighted by Crippen LogP contribution is -2.39. The molecule has 1 amide bonds. The molecule has 1 unspecified atom stereocenters. The fourth-order valence-corrected chi connectivity index (χ4v) is 2.64. The molecule has 0 radical (unpaired) electrons. The fourth-order valence-electron chi connectivity index (χ4n) is 2.64. The molecule has 3 N–H and O–H groups in total. The maximum absolute atomic E-state index is 13.8. The highest BCUT2D eigenvalue weighted by Gasteiger charge is 2.39. The molecule has 1 atom stereocenters. The second kappa shape index (κ2) is 5.17. The van der Waals surface area contributed by atoms with Crippen molar-refractivity contribution in [2.75, 3.05) is 25.9 Å². The van der Waals surface area contributed by atoms with Crippen molar-refractivity contribution in [3.05, 3.63) is 29.6 Å². The van der Waals surface area contributed by atoms with Crippen LogP contribution >= 0.6 is 0 Å². The van der Waals surface area contributed by atoms with E-state index in [1.807, 2.05) is 6.92 Å². The number of nitrogen functional groups attached to an aromatic ring is 1. The molecule has 1 aromatic rings. The molecule has 104 valence electrons. The van der Waals surface area contributed by atoms with E-state index < -0.39 is 0 Å². The van der Waals surface area contributed by atoms with E-state index in [1.165, 1.54) is 0 Å². The molecule has 4 nitrogen and oxygen atoms in total. The lowest BCUT2D eigenvalue weighted by atomic mass is 9.89. The Kier molecular flexibility index (Phi) is 3.75. The van der Waals surface area contributed by atoms with Crippen molar-refractivity contribution < 1.29 is 9.18 Å². The molecule has 19 heavy (non-hydrogen) atoms. The van der Waals surface area contributed by atoms with Crippen LogP contribution in [0.2, 0.25) is 0 Å². The van der Waals surface area contributed by atoms with Gasteiger partial charge in [-0.15, -0.1) is 0 Å². The molecule has 1 aromatic carbocycles. The van der Waals surface area contributed by atoms with E-state index in [9.17, 15) is 9.18 Å². The van der Waals surface area contributed by atoms with Crippen molar-refractivity contribution in [2.24, 2.45) is 5.41 Å². The zero-order valence-corrected chi connectivity index (χ0v) is 11.4. The number of nitrogens with two attached hydrogens (primary N) is 1. The smallest absolute Gasteiger partial charge is 0.227 e. The van der Waals surface area contributed by atoms with Crippen molar-refractivity contribution in [1.82, 2.24) is 10.2 Å². The number of halogens is 1. The summed E-state index contributed by atoms with van der Waals surface area (Å²) in [6.07, 6.45) is 0.788. The molecule has 5 heteroatoms. The molecule has 0 aromatic heterocycles. The monoisotopic (exact) mass is 265 g/mol. The van der Waals surface area contributed by atoms with Crippen molar-refractivity contribution in [3.8, 4) is 0 Å². The molecular formula is C14H20FN3O. The van der Waals surface area contributed by atoms with Gasteiger partial charge in [-0.1, -0.05) is 12.1 Å². The van der Waals surface area contributed by atoms with Crippen molar-refractivity contribution in [3.63, 3.8) is 0 Å². The van der Waals surface area contributed by atoms with Crippen LogP contribution < -0.4 is 11.1 Å². The summed E-state index contributed by atoms with van der Waals surface area (Å²) in [4.78, 5) is 13.9. The minimum Gasteiger partial charge on any atom is -0.396 e. The van der Waals surface area contributed by atoms with Gasteiger partial charge in [-0.25, -0.2) is 4.39 Å². The Bertz CT molecular complexity index is 492. The lowest BCUT2D eigenvalue weighted by molar-refractivity contribution is -0.129. The first kappa shape index (κ1) is 13.8. The molecule has 1 saturated heterocycles. The van der Waals surface area contributed by atoms with E-state index in [4.69, 9.17) is 5.73 Å². The Labute approximate surface area is 112 Å². The van der Waals surface area contributed by atoms with Crippen molar-refractivity contribution >= 4 is 11.6 Å². The molecule has 1 aliphatic rings. The molecule has 0 saturated carbocycles. The van der Waals surface area contributed by atoms with Crippen LogP contribution in [0.4, 0.5) is 10.1 Å². The second-order valence-electron chi connectivity index (χ2n) is 5.42. The third-order valence-electron chi connectivity index (χ3n) is 3.83. The van der Waals surface area contributed by atoms with Gasteiger partial charge in [0.25, 0.3) is 0 Å². The Morgan fingerprint density at radius 1 is 1.58 bits per heavy atom. The van der Waals surface area contributed by atoms with Gasteiger partial charge < -0.3 is 11.1 Å². The predicted octanol–water partition coefficient (Wildman–Crippen LogP) is 1.37. The van der Waals surface area contributed by atoms with Gasteiger partial charge in [0.2, 0.25) is 5.91 Å². The lowest BCUT2D eigenvalue weighted by Gasteiger charge is -2.23. The Morgan fingerprint density at radius 2 is 2.32 bits per heavy atom. The number of anilines is 1. The third-order valence-corrected chi connectivity index (χ3v) is 3.83. The molecular weight excluding hydrogens is 245 g/mol. The third kappa shape index (κ3) is 2.71. The van der Waals surface area contributed by atoms with Gasteiger partial charge in [0, 0.05) is 25.7 Å². The Hall–Kier alpha value is -1.62. The van der Waals surface area contributed by atoms with Gasteiger partial charge >= 0.3 is 0 Å². The van der Waals surface area contributed by atoms with Gasteiger partial charge in [-0.05, 0) is 26.0 Å². The molecule has 1 fully saturated rings. The number of nitrogens with one attached hydrogen (secondary N) is 1. The Balaban J connectivity index is 2.06. The van der Waals surface area contributed by atoms with Crippen LogP contribution in [-0.4, -0.2) is 30.9 Å². The number of likely N-dealkylation sites (tertiary alicyclic amines) is 1. The summed E-state index contributed by atoms with van der Waals surface area (Å²) in [6.45, 7) is 3.87. The molecule has 1 heterocycles. The van der Waals surface area contributed by atoms with Crippen LogP contribution in [0.1, 0.15) is 18.9 Å².